The SMILES string of the molecule is CCC(C(O)c1ccccc1)C1NCC2CCCC21. The van der Waals surface area contributed by atoms with Gasteiger partial charge in [0.05, 0.1) is 6.10 Å². The molecule has 1 aromatic carbocycles. The zero-order valence-electron chi connectivity index (χ0n) is 11.8. The van der Waals surface area contributed by atoms with E-state index in [0.717, 1.165) is 30.4 Å². The van der Waals surface area contributed by atoms with Crippen LogP contribution in [0.5, 0.6) is 0 Å². The van der Waals surface area contributed by atoms with Crippen molar-refractivity contribution in [3.63, 3.8) is 0 Å². The van der Waals surface area contributed by atoms with Crippen LogP contribution >= 0.6 is 0 Å². The Kier molecular flexibility index (Phi) is 3.90. The quantitative estimate of drug-likeness (QED) is 0.870. The molecule has 1 aliphatic carbocycles. The number of hydrogen-bond acceptors (Lipinski definition) is 2. The van der Waals surface area contributed by atoms with Crippen LogP contribution in [0.4, 0.5) is 0 Å². The van der Waals surface area contributed by atoms with Gasteiger partial charge in [-0.05, 0) is 43.2 Å². The Morgan fingerprint density at radius 2 is 2.05 bits per heavy atom. The van der Waals surface area contributed by atoms with Crippen LogP contribution in [0.25, 0.3) is 0 Å². The summed E-state index contributed by atoms with van der Waals surface area (Å²) in [5, 5.41) is 14.4. The third-order valence-electron chi connectivity index (χ3n) is 5.27. The second-order valence-electron chi connectivity index (χ2n) is 6.22. The average Bonchev–Trinajstić information content (AvgIpc) is 3.05. The largest absolute Gasteiger partial charge is 0.388 e. The zero-order valence-corrected chi connectivity index (χ0v) is 11.8. The summed E-state index contributed by atoms with van der Waals surface area (Å²) in [5.41, 5.74) is 1.07. The Labute approximate surface area is 116 Å². The molecule has 2 nitrogen and oxygen atoms in total. The van der Waals surface area contributed by atoms with E-state index in [0.29, 0.717) is 12.0 Å². The van der Waals surface area contributed by atoms with E-state index in [-0.39, 0.29) is 6.10 Å². The molecule has 0 aromatic heterocycles. The molecule has 1 saturated heterocycles. The van der Waals surface area contributed by atoms with Crippen molar-refractivity contribution in [3.8, 4) is 0 Å². The van der Waals surface area contributed by atoms with Crippen molar-refractivity contribution < 1.29 is 5.11 Å². The maximum Gasteiger partial charge on any atom is 0.0833 e. The van der Waals surface area contributed by atoms with Crippen LogP contribution in [0, 0.1) is 17.8 Å². The first-order chi connectivity index (χ1) is 9.31. The summed E-state index contributed by atoms with van der Waals surface area (Å²) in [6.45, 7) is 3.37. The summed E-state index contributed by atoms with van der Waals surface area (Å²) in [4.78, 5) is 0. The fourth-order valence-electron chi connectivity index (χ4n) is 4.27. The Morgan fingerprint density at radius 3 is 2.79 bits per heavy atom. The number of benzene rings is 1. The summed E-state index contributed by atoms with van der Waals surface area (Å²) < 4.78 is 0. The molecule has 2 heteroatoms. The maximum absolute atomic E-state index is 10.7. The molecule has 1 aromatic rings. The van der Waals surface area contributed by atoms with Crippen LogP contribution < -0.4 is 5.32 Å². The van der Waals surface area contributed by atoms with Gasteiger partial charge < -0.3 is 10.4 Å². The molecule has 2 N–H and O–H groups in total. The molecular formula is C17H25NO. The fourth-order valence-corrected chi connectivity index (χ4v) is 4.27. The van der Waals surface area contributed by atoms with Crippen LogP contribution in [0.3, 0.4) is 0 Å². The number of rotatable bonds is 4. The summed E-state index contributed by atoms with van der Waals surface area (Å²) in [6.07, 6.45) is 4.82. The van der Waals surface area contributed by atoms with E-state index in [2.05, 4.69) is 24.4 Å². The van der Waals surface area contributed by atoms with Gasteiger partial charge in [-0.3, -0.25) is 0 Å². The predicted molar refractivity (Wildman–Crippen MR) is 77.8 cm³/mol. The second-order valence-corrected chi connectivity index (χ2v) is 6.22. The lowest BCUT2D eigenvalue weighted by Gasteiger charge is -2.31. The van der Waals surface area contributed by atoms with Crippen molar-refractivity contribution in [2.24, 2.45) is 17.8 Å². The number of fused-ring (bicyclic) bond motifs is 1. The van der Waals surface area contributed by atoms with Gasteiger partial charge in [0.25, 0.3) is 0 Å². The first-order valence-electron chi connectivity index (χ1n) is 7.77. The molecule has 3 rings (SSSR count). The average molecular weight is 259 g/mol. The second kappa shape index (κ2) is 5.64. The van der Waals surface area contributed by atoms with Gasteiger partial charge in [0.1, 0.15) is 0 Å². The highest BCUT2D eigenvalue weighted by Gasteiger charge is 2.43. The lowest BCUT2D eigenvalue weighted by atomic mass is 9.80. The van der Waals surface area contributed by atoms with Gasteiger partial charge in [0, 0.05) is 12.0 Å². The number of hydrogen-bond donors (Lipinski definition) is 2. The monoisotopic (exact) mass is 259 g/mol. The van der Waals surface area contributed by atoms with E-state index < -0.39 is 0 Å². The van der Waals surface area contributed by atoms with Gasteiger partial charge in [0.15, 0.2) is 0 Å². The molecule has 0 radical (unpaired) electrons. The van der Waals surface area contributed by atoms with Crippen molar-refractivity contribution >= 4 is 0 Å². The topological polar surface area (TPSA) is 32.3 Å². The summed E-state index contributed by atoms with van der Waals surface area (Å²) in [5.74, 6) is 2.00. The highest BCUT2D eigenvalue weighted by atomic mass is 16.3. The fraction of sp³-hybridized carbons (Fsp3) is 0.647. The normalized spacial score (nSPS) is 33.1. The zero-order chi connectivity index (χ0) is 13.2. The summed E-state index contributed by atoms with van der Waals surface area (Å²) in [6, 6.07) is 10.7. The van der Waals surface area contributed by atoms with Gasteiger partial charge in [-0.2, -0.15) is 0 Å². The minimum Gasteiger partial charge on any atom is -0.388 e. The van der Waals surface area contributed by atoms with E-state index >= 15 is 0 Å². The van der Waals surface area contributed by atoms with Gasteiger partial charge in [-0.25, -0.2) is 0 Å². The maximum atomic E-state index is 10.7. The third-order valence-corrected chi connectivity index (χ3v) is 5.27. The Morgan fingerprint density at radius 1 is 1.26 bits per heavy atom. The van der Waals surface area contributed by atoms with Crippen molar-refractivity contribution in [1.29, 1.82) is 0 Å². The Bertz CT molecular complexity index is 405. The number of aliphatic hydroxyl groups is 1. The lowest BCUT2D eigenvalue weighted by Crippen LogP contribution is -2.38. The lowest BCUT2D eigenvalue weighted by molar-refractivity contribution is 0.0731. The van der Waals surface area contributed by atoms with Gasteiger partial charge in [-0.15, -0.1) is 0 Å². The van der Waals surface area contributed by atoms with Gasteiger partial charge in [0.2, 0.25) is 0 Å². The van der Waals surface area contributed by atoms with E-state index in [9.17, 15) is 5.11 Å². The van der Waals surface area contributed by atoms with Gasteiger partial charge in [-0.1, -0.05) is 43.7 Å². The molecule has 19 heavy (non-hydrogen) atoms. The molecule has 1 aliphatic heterocycles. The molecule has 2 aliphatic rings. The molecule has 0 spiro atoms. The number of nitrogens with one attached hydrogen (secondary N) is 1. The van der Waals surface area contributed by atoms with Crippen molar-refractivity contribution in [2.45, 2.75) is 44.8 Å². The Hall–Kier alpha value is -0.860. The van der Waals surface area contributed by atoms with Crippen LogP contribution in [-0.4, -0.2) is 17.7 Å². The number of aliphatic hydroxyl groups excluding tert-OH is 1. The summed E-state index contributed by atoms with van der Waals surface area (Å²) in [7, 11) is 0. The highest BCUT2D eigenvalue weighted by Crippen LogP contribution is 2.43. The van der Waals surface area contributed by atoms with Gasteiger partial charge >= 0.3 is 0 Å². The van der Waals surface area contributed by atoms with Crippen molar-refractivity contribution in [3.05, 3.63) is 35.9 Å². The van der Waals surface area contributed by atoms with Crippen molar-refractivity contribution in [1.82, 2.24) is 5.32 Å². The van der Waals surface area contributed by atoms with E-state index in [4.69, 9.17) is 0 Å². The molecule has 5 atom stereocenters. The van der Waals surface area contributed by atoms with E-state index in [1.807, 2.05) is 18.2 Å². The van der Waals surface area contributed by atoms with Crippen LogP contribution in [0.15, 0.2) is 30.3 Å². The molecule has 1 heterocycles. The third kappa shape index (κ3) is 2.44. The summed E-state index contributed by atoms with van der Waals surface area (Å²) >= 11 is 0. The molecule has 5 unspecified atom stereocenters. The minimum atomic E-state index is -0.331. The van der Waals surface area contributed by atoms with Crippen LogP contribution in [0.2, 0.25) is 0 Å². The van der Waals surface area contributed by atoms with Crippen LogP contribution in [-0.2, 0) is 0 Å². The van der Waals surface area contributed by atoms with Crippen LogP contribution in [0.1, 0.15) is 44.3 Å². The molecule has 1 saturated carbocycles. The van der Waals surface area contributed by atoms with Crippen molar-refractivity contribution in [2.75, 3.05) is 6.54 Å². The standard InChI is InChI=1S/C17H25NO/c1-2-14(17(19)12-7-4-3-5-8-12)16-15-10-6-9-13(15)11-18-16/h3-5,7-8,13-19H,2,6,9-11H2,1H3. The van der Waals surface area contributed by atoms with E-state index in [1.165, 1.54) is 19.3 Å². The van der Waals surface area contributed by atoms with E-state index in [1.54, 1.807) is 0 Å². The molecule has 0 bridgehead atoms. The minimum absolute atomic E-state index is 0.331. The Balaban J connectivity index is 1.77. The first-order valence-corrected chi connectivity index (χ1v) is 7.77. The molecule has 2 fully saturated rings. The smallest absolute Gasteiger partial charge is 0.0833 e. The highest BCUT2D eigenvalue weighted by molar-refractivity contribution is 5.19. The molecular weight excluding hydrogens is 234 g/mol. The predicted octanol–water partition coefficient (Wildman–Crippen LogP) is 3.13. The molecule has 0 amide bonds. The molecule has 104 valence electrons. The first kappa shape index (κ1) is 13.1.